The molecule has 3 rings (SSSR count). The van der Waals surface area contributed by atoms with Crippen molar-refractivity contribution < 1.29 is 4.79 Å². The maximum atomic E-state index is 11.8. The van der Waals surface area contributed by atoms with Crippen molar-refractivity contribution in [1.82, 2.24) is 0 Å². The third-order valence-electron chi connectivity index (χ3n) is 4.03. The first kappa shape index (κ1) is 14.3. The van der Waals surface area contributed by atoms with Gasteiger partial charge in [0, 0.05) is 17.2 Å². The van der Waals surface area contributed by atoms with Crippen LogP contribution < -0.4 is 10.6 Å². The molecule has 2 aromatic rings. The molecule has 108 valence electrons. The van der Waals surface area contributed by atoms with Gasteiger partial charge in [0.05, 0.1) is 12.5 Å². The number of fused-ring (bicyclic) bond motifs is 1. The zero-order valence-corrected chi connectivity index (χ0v) is 13.6. The number of hydrogen-bond acceptors (Lipinski definition) is 2. The highest BCUT2D eigenvalue weighted by Gasteiger charge is 2.25. The van der Waals surface area contributed by atoms with Crippen LogP contribution in [-0.2, 0) is 11.2 Å². The number of likely N-dealkylation sites (N-methyl/N-ethyl adjacent to an activating group) is 1. The lowest BCUT2D eigenvalue weighted by molar-refractivity contribution is -0.117. The Morgan fingerprint density at radius 2 is 2.00 bits per heavy atom. The minimum atomic E-state index is -0.203. The van der Waals surface area contributed by atoms with Crippen LogP contribution in [-0.4, -0.2) is 13.0 Å². The van der Waals surface area contributed by atoms with Gasteiger partial charge >= 0.3 is 0 Å². The van der Waals surface area contributed by atoms with E-state index in [4.69, 9.17) is 5.73 Å². The van der Waals surface area contributed by atoms with E-state index in [0.29, 0.717) is 6.42 Å². The normalized spacial score (nSPS) is 15.2. The molecule has 0 fully saturated rings. The largest absolute Gasteiger partial charge is 0.320 e. The highest BCUT2D eigenvalue weighted by molar-refractivity contribution is 9.10. The molecule has 1 amide bonds. The molecule has 1 unspecified atom stereocenters. The predicted molar refractivity (Wildman–Crippen MR) is 88.5 cm³/mol. The Bertz CT molecular complexity index is 727. The van der Waals surface area contributed by atoms with Crippen LogP contribution >= 0.6 is 15.9 Å². The van der Waals surface area contributed by atoms with Crippen LogP contribution in [0.1, 0.15) is 28.3 Å². The Labute approximate surface area is 132 Å². The molecule has 0 bridgehead atoms. The summed E-state index contributed by atoms with van der Waals surface area (Å²) in [6, 6.07) is 12.0. The second-order valence-electron chi connectivity index (χ2n) is 5.52. The fourth-order valence-corrected chi connectivity index (χ4v) is 3.49. The maximum Gasteiger partial charge on any atom is 0.231 e. The summed E-state index contributed by atoms with van der Waals surface area (Å²) in [4.78, 5) is 13.5. The number of nitrogens with zero attached hydrogens (tertiary/aromatic N) is 1. The number of rotatable bonds is 2. The molecular weight excluding hydrogens is 328 g/mol. The number of hydrogen-bond donors (Lipinski definition) is 1. The molecule has 3 nitrogen and oxygen atoms in total. The summed E-state index contributed by atoms with van der Waals surface area (Å²) in [5.74, 6) is 0.132. The Hall–Kier alpha value is -1.65. The van der Waals surface area contributed by atoms with Gasteiger partial charge in [-0.3, -0.25) is 4.79 Å². The van der Waals surface area contributed by atoms with E-state index < -0.39 is 0 Å². The number of amides is 1. The summed E-state index contributed by atoms with van der Waals surface area (Å²) in [6.45, 7) is 2.05. The number of carbonyl (C=O) groups is 1. The number of benzene rings is 2. The predicted octanol–water partition coefficient (Wildman–Crippen LogP) is 3.32. The number of aryl methyl sites for hydroxylation is 1. The lowest BCUT2D eigenvalue weighted by Crippen LogP contribution is -2.20. The van der Waals surface area contributed by atoms with E-state index in [1.165, 1.54) is 5.56 Å². The van der Waals surface area contributed by atoms with Crippen molar-refractivity contribution in [2.45, 2.75) is 19.4 Å². The van der Waals surface area contributed by atoms with Crippen LogP contribution in [0.3, 0.4) is 0 Å². The van der Waals surface area contributed by atoms with Gasteiger partial charge in [-0.15, -0.1) is 0 Å². The van der Waals surface area contributed by atoms with Gasteiger partial charge in [-0.1, -0.05) is 40.2 Å². The van der Waals surface area contributed by atoms with E-state index >= 15 is 0 Å². The second-order valence-corrected chi connectivity index (χ2v) is 6.37. The van der Waals surface area contributed by atoms with Gasteiger partial charge in [0.1, 0.15) is 0 Å². The third-order valence-corrected chi connectivity index (χ3v) is 4.72. The highest BCUT2D eigenvalue weighted by Crippen LogP contribution is 2.33. The standard InChI is InChI=1S/C17H17BrN2O/c1-10-3-5-13(14(18)7-10)17(19)11-4-6-15-12(8-11)9-16(21)20(15)2/h3-8,17H,9,19H2,1-2H3. The Kier molecular flexibility index (Phi) is 3.59. The molecule has 0 aromatic heterocycles. The molecule has 0 aliphatic carbocycles. The van der Waals surface area contributed by atoms with E-state index in [9.17, 15) is 4.79 Å². The Balaban J connectivity index is 1.98. The summed E-state index contributed by atoms with van der Waals surface area (Å²) in [5.41, 5.74) is 11.7. The van der Waals surface area contributed by atoms with Gasteiger partial charge in [-0.05, 0) is 41.3 Å². The van der Waals surface area contributed by atoms with Gasteiger partial charge in [-0.25, -0.2) is 0 Å². The molecule has 1 aliphatic rings. The van der Waals surface area contributed by atoms with Crippen molar-refractivity contribution in [3.05, 3.63) is 63.1 Å². The van der Waals surface area contributed by atoms with Crippen molar-refractivity contribution in [2.75, 3.05) is 11.9 Å². The topological polar surface area (TPSA) is 46.3 Å². The van der Waals surface area contributed by atoms with Crippen LogP contribution in [0.15, 0.2) is 40.9 Å². The van der Waals surface area contributed by atoms with Crippen molar-refractivity contribution in [3.63, 3.8) is 0 Å². The minimum absolute atomic E-state index is 0.132. The molecule has 0 radical (unpaired) electrons. The summed E-state index contributed by atoms with van der Waals surface area (Å²) in [7, 11) is 1.81. The van der Waals surface area contributed by atoms with Crippen molar-refractivity contribution in [1.29, 1.82) is 0 Å². The molecular formula is C17H17BrN2O. The molecule has 21 heavy (non-hydrogen) atoms. The van der Waals surface area contributed by atoms with E-state index in [-0.39, 0.29) is 11.9 Å². The van der Waals surface area contributed by atoms with Crippen LogP contribution in [0.4, 0.5) is 5.69 Å². The first-order chi connectivity index (χ1) is 9.97. The van der Waals surface area contributed by atoms with E-state index in [2.05, 4.69) is 41.1 Å². The van der Waals surface area contributed by atoms with E-state index in [0.717, 1.165) is 26.9 Å². The van der Waals surface area contributed by atoms with Crippen LogP contribution in [0.25, 0.3) is 0 Å². The SMILES string of the molecule is Cc1ccc(C(N)c2ccc3c(c2)CC(=O)N3C)c(Br)c1. The lowest BCUT2D eigenvalue weighted by Gasteiger charge is -2.17. The van der Waals surface area contributed by atoms with Crippen molar-refractivity contribution in [3.8, 4) is 0 Å². The van der Waals surface area contributed by atoms with Crippen molar-refractivity contribution >= 4 is 27.5 Å². The lowest BCUT2D eigenvalue weighted by atomic mass is 9.96. The smallest absolute Gasteiger partial charge is 0.231 e. The first-order valence-electron chi connectivity index (χ1n) is 6.88. The number of halogens is 1. The molecule has 4 heteroatoms. The fourth-order valence-electron chi connectivity index (χ4n) is 2.75. The first-order valence-corrected chi connectivity index (χ1v) is 7.67. The molecule has 0 saturated heterocycles. The molecule has 2 aromatic carbocycles. The molecule has 1 heterocycles. The molecule has 2 N–H and O–H groups in total. The quantitative estimate of drug-likeness (QED) is 0.908. The zero-order valence-electron chi connectivity index (χ0n) is 12.1. The summed E-state index contributed by atoms with van der Waals surface area (Å²) < 4.78 is 1.02. The van der Waals surface area contributed by atoms with Crippen LogP contribution in [0.2, 0.25) is 0 Å². The van der Waals surface area contributed by atoms with Gasteiger partial charge < -0.3 is 10.6 Å². The Morgan fingerprint density at radius 3 is 2.71 bits per heavy atom. The highest BCUT2D eigenvalue weighted by atomic mass is 79.9. The van der Waals surface area contributed by atoms with Gasteiger partial charge in [0.2, 0.25) is 5.91 Å². The van der Waals surface area contributed by atoms with Gasteiger partial charge in [0.25, 0.3) is 0 Å². The minimum Gasteiger partial charge on any atom is -0.320 e. The van der Waals surface area contributed by atoms with Crippen LogP contribution in [0, 0.1) is 6.92 Å². The maximum absolute atomic E-state index is 11.8. The fraction of sp³-hybridized carbons (Fsp3) is 0.235. The van der Waals surface area contributed by atoms with Crippen LogP contribution in [0.5, 0.6) is 0 Å². The molecule has 1 atom stereocenters. The molecule has 0 saturated carbocycles. The summed E-state index contributed by atoms with van der Waals surface area (Å²) >= 11 is 3.58. The van der Waals surface area contributed by atoms with Crippen molar-refractivity contribution in [2.24, 2.45) is 5.73 Å². The zero-order chi connectivity index (χ0) is 15.1. The third kappa shape index (κ3) is 2.49. The van der Waals surface area contributed by atoms with Gasteiger partial charge in [0.15, 0.2) is 0 Å². The number of nitrogens with two attached hydrogens (primary N) is 1. The van der Waals surface area contributed by atoms with E-state index in [1.54, 1.807) is 4.90 Å². The monoisotopic (exact) mass is 344 g/mol. The number of anilines is 1. The van der Waals surface area contributed by atoms with E-state index in [1.807, 2.05) is 25.2 Å². The molecule has 1 aliphatic heterocycles. The average molecular weight is 345 g/mol. The summed E-state index contributed by atoms with van der Waals surface area (Å²) in [6.07, 6.45) is 0.460. The number of carbonyl (C=O) groups excluding carboxylic acids is 1. The summed E-state index contributed by atoms with van der Waals surface area (Å²) in [5, 5.41) is 0. The van der Waals surface area contributed by atoms with Gasteiger partial charge in [-0.2, -0.15) is 0 Å². The molecule has 0 spiro atoms. The second kappa shape index (κ2) is 5.28. The average Bonchev–Trinajstić information content (AvgIpc) is 2.73. The Morgan fingerprint density at radius 1 is 1.24 bits per heavy atom.